The zero-order chi connectivity index (χ0) is 19.1. The van der Waals surface area contributed by atoms with E-state index in [1.165, 1.54) is 0 Å². The molecule has 1 fully saturated rings. The second-order valence-corrected chi connectivity index (χ2v) is 7.39. The molecule has 1 amide bonds. The van der Waals surface area contributed by atoms with Crippen LogP contribution in [0.4, 0.5) is 0 Å². The van der Waals surface area contributed by atoms with Crippen molar-refractivity contribution in [1.29, 1.82) is 0 Å². The molecule has 2 aromatic rings. The van der Waals surface area contributed by atoms with Crippen molar-refractivity contribution in [3.05, 3.63) is 60.7 Å². The minimum absolute atomic E-state index is 0.144. The fourth-order valence-corrected chi connectivity index (χ4v) is 4.33. The first-order valence-electron chi connectivity index (χ1n) is 9.65. The van der Waals surface area contributed by atoms with Crippen LogP contribution in [0.1, 0.15) is 70.9 Å². The predicted molar refractivity (Wildman–Crippen MR) is 101 cm³/mol. The normalized spacial score (nSPS) is 18.7. The second kappa shape index (κ2) is 6.79. The van der Waals surface area contributed by atoms with E-state index in [1.54, 1.807) is 11.0 Å². The van der Waals surface area contributed by atoms with Gasteiger partial charge in [-0.15, -0.1) is 0 Å². The first-order chi connectivity index (χ1) is 13.0. The van der Waals surface area contributed by atoms with E-state index in [9.17, 15) is 14.4 Å². The van der Waals surface area contributed by atoms with E-state index in [0.29, 0.717) is 30.0 Å². The summed E-state index contributed by atoms with van der Waals surface area (Å²) in [5.41, 5.74) is 3.09. The van der Waals surface area contributed by atoms with Gasteiger partial charge in [0.1, 0.15) is 11.4 Å². The third-order valence-electron chi connectivity index (χ3n) is 5.74. The molecule has 7 heteroatoms. The lowest BCUT2D eigenvalue weighted by Gasteiger charge is -2.24. The number of nitrogens with zero attached hydrogens (tertiary/aromatic N) is 2. The predicted octanol–water partition coefficient (Wildman–Crippen LogP) is 1.80. The Labute approximate surface area is 156 Å². The molecule has 0 unspecified atom stereocenters. The van der Waals surface area contributed by atoms with E-state index >= 15 is 0 Å². The van der Waals surface area contributed by atoms with Gasteiger partial charge < -0.3 is 14.9 Å². The van der Waals surface area contributed by atoms with Crippen LogP contribution in [0, 0.1) is 6.92 Å². The maximum Gasteiger partial charge on any atom is 0.261 e. The molecule has 1 saturated heterocycles. The Kier molecular flexibility index (Phi) is 4.45. The summed E-state index contributed by atoms with van der Waals surface area (Å²) in [7, 11) is 0. The lowest BCUT2D eigenvalue weighted by molar-refractivity contribution is 0.0727. The molecule has 2 aliphatic rings. The highest BCUT2D eigenvalue weighted by molar-refractivity contribution is 5.94. The number of carbonyl (C=O) groups is 1. The minimum atomic E-state index is -0.328. The van der Waals surface area contributed by atoms with E-state index < -0.39 is 0 Å². The summed E-state index contributed by atoms with van der Waals surface area (Å²) in [6, 6.07) is 1.45. The average Bonchev–Trinajstić information content (AvgIpc) is 3.29. The number of pyridine rings is 1. The Balaban J connectivity index is 1.69. The van der Waals surface area contributed by atoms with E-state index in [4.69, 9.17) is 0 Å². The number of amides is 1. The van der Waals surface area contributed by atoms with Crippen molar-refractivity contribution < 1.29 is 4.79 Å². The van der Waals surface area contributed by atoms with Gasteiger partial charge in [0.2, 0.25) is 0 Å². The topological polar surface area (TPSA) is 98.9 Å². The minimum Gasteiger partial charge on any atom is -0.328 e. The number of hydrogen-bond acceptors (Lipinski definition) is 4. The van der Waals surface area contributed by atoms with Crippen LogP contribution in [0.15, 0.2) is 15.7 Å². The van der Waals surface area contributed by atoms with Gasteiger partial charge in [-0.05, 0) is 57.1 Å². The Bertz CT molecular complexity index is 1020. The number of fused-ring (bicyclic) bond motifs is 1. The molecule has 0 radical (unpaired) electrons. The molecule has 0 aromatic carbocycles. The molecule has 142 valence electrons. The van der Waals surface area contributed by atoms with Gasteiger partial charge in [-0.3, -0.25) is 14.4 Å². The fraction of sp³-hybridized carbons (Fsp3) is 0.500. The zero-order valence-electron chi connectivity index (χ0n) is 15.7. The summed E-state index contributed by atoms with van der Waals surface area (Å²) in [6.45, 7) is 4.30. The van der Waals surface area contributed by atoms with Crippen molar-refractivity contribution in [2.75, 3.05) is 6.54 Å². The number of likely N-dealkylation sites (tertiary alicyclic amines) is 1. The van der Waals surface area contributed by atoms with Crippen molar-refractivity contribution >= 4 is 5.91 Å². The van der Waals surface area contributed by atoms with Crippen LogP contribution in [-0.4, -0.2) is 32.3 Å². The van der Waals surface area contributed by atoms with Crippen molar-refractivity contribution in [3.8, 4) is 0 Å². The number of aromatic amines is 2. The molecular formula is C20H24N4O3. The van der Waals surface area contributed by atoms with Crippen LogP contribution in [-0.2, 0) is 19.3 Å². The van der Waals surface area contributed by atoms with Crippen LogP contribution in [0.2, 0.25) is 0 Å². The van der Waals surface area contributed by atoms with E-state index in [2.05, 4.69) is 15.0 Å². The van der Waals surface area contributed by atoms with Gasteiger partial charge in [-0.25, -0.2) is 4.98 Å². The van der Waals surface area contributed by atoms with Crippen molar-refractivity contribution in [2.45, 2.75) is 58.4 Å². The molecular weight excluding hydrogens is 344 g/mol. The Morgan fingerprint density at radius 1 is 1.22 bits per heavy atom. The summed E-state index contributed by atoms with van der Waals surface area (Å²) >= 11 is 0. The lowest BCUT2D eigenvalue weighted by atomic mass is 10.1. The van der Waals surface area contributed by atoms with E-state index in [1.807, 2.05) is 13.8 Å². The van der Waals surface area contributed by atoms with Crippen LogP contribution < -0.4 is 11.1 Å². The number of rotatable bonds is 3. The van der Waals surface area contributed by atoms with Crippen LogP contribution >= 0.6 is 0 Å². The summed E-state index contributed by atoms with van der Waals surface area (Å²) in [6.07, 6.45) is 4.91. The van der Waals surface area contributed by atoms with Crippen LogP contribution in [0.25, 0.3) is 0 Å². The van der Waals surface area contributed by atoms with Gasteiger partial charge in [0, 0.05) is 23.5 Å². The summed E-state index contributed by atoms with van der Waals surface area (Å²) in [5.74, 6) is 0.228. The van der Waals surface area contributed by atoms with Crippen LogP contribution in [0.3, 0.4) is 0 Å². The molecule has 1 aliphatic heterocycles. The van der Waals surface area contributed by atoms with Gasteiger partial charge in [0.05, 0.1) is 6.04 Å². The molecule has 7 nitrogen and oxygen atoms in total. The highest BCUT2D eigenvalue weighted by atomic mass is 16.2. The summed E-state index contributed by atoms with van der Waals surface area (Å²) in [5, 5.41) is 0. The Morgan fingerprint density at radius 3 is 2.78 bits per heavy atom. The van der Waals surface area contributed by atoms with E-state index in [-0.39, 0.29) is 28.6 Å². The maximum absolute atomic E-state index is 13.1. The number of H-pyrrole nitrogens is 2. The highest BCUT2D eigenvalue weighted by Gasteiger charge is 2.34. The fourth-order valence-electron chi connectivity index (χ4n) is 4.33. The molecule has 2 aromatic heterocycles. The molecule has 0 bridgehead atoms. The molecule has 1 aliphatic carbocycles. The number of carbonyl (C=O) groups excluding carboxylic acids is 1. The number of hydrogen-bond donors (Lipinski definition) is 2. The van der Waals surface area contributed by atoms with Crippen molar-refractivity contribution in [3.63, 3.8) is 0 Å². The molecule has 27 heavy (non-hydrogen) atoms. The number of nitrogens with one attached hydrogen (secondary N) is 2. The molecule has 3 heterocycles. The van der Waals surface area contributed by atoms with Gasteiger partial charge in [-0.2, -0.15) is 0 Å². The SMILES string of the molecule is CCc1c(C)nc([C@H]2CCCN2C(=O)c2cc3c([nH]c2=O)CCC3)[nH]c1=O. The van der Waals surface area contributed by atoms with Gasteiger partial charge in [0.15, 0.2) is 0 Å². The largest absolute Gasteiger partial charge is 0.328 e. The molecule has 0 spiro atoms. The Hall–Kier alpha value is -2.70. The van der Waals surface area contributed by atoms with Crippen LogP contribution in [0.5, 0.6) is 0 Å². The summed E-state index contributed by atoms with van der Waals surface area (Å²) in [4.78, 5) is 49.9. The first-order valence-corrected chi connectivity index (χ1v) is 9.65. The lowest BCUT2D eigenvalue weighted by Crippen LogP contribution is -2.36. The monoisotopic (exact) mass is 368 g/mol. The van der Waals surface area contributed by atoms with E-state index in [0.717, 1.165) is 43.4 Å². The molecule has 0 saturated carbocycles. The van der Waals surface area contributed by atoms with Crippen molar-refractivity contribution in [2.24, 2.45) is 0 Å². The zero-order valence-corrected chi connectivity index (χ0v) is 15.7. The molecule has 2 N–H and O–H groups in total. The molecule has 1 atom stereocenters. The molecule has 4 rings (SSSR count). The third-order valence-corrected chi connectivity index (χ3v) is 5.74. The summed E-state index contributed by atoms with van der Waals surface area (Å²) < 4.78 is 0. The van der Waals surface area contributed by atoms with Gasteiger partial charge >= 0.3 is 0 Å². The highest BCUT2D eigenvalue weighted by Crippen LogP contribution is 2.31. The number of aromatic nitrogens is 3. The quantitative estimate of drug-likeness (QED) is 0.863. The smallest absolute Gasteiger partial charge is 0.261 e. The number of aryl methyl sites for hydroxylation is 3. The maximum atomic E-state index is 13.1. The van der Waals surface area contributed by atoms with Crippen molar-refractivity contribution in [1.82, 2.24) is 19.9 Å². The average molecular weight is 368 g/mol. The Morgan fingerprint density at radius 2 is 2.04 bits per heavy atom. The third kappa shape index (κ3) is 3.01. The van der Waals surface area contributed by atoms with Gasteiger partial charge in [0.25, 0.3) is 17.0 Å². The second-order valence-electron chi connectivity index (χ2n) is 7.39. The first kappa shape index (κ1) is 17.7. The van der Waals surface area contributed by atoms with Gasteiger partial charge in [-0.1, -0.05) is 6.92 Å². The standard InChI is InChI=1S/C20H24N4O3/c1-3-13-11(2)21-17(23-18(13)25)16-8-5-9-24(16)20(27)14-10-12-6-4-7-15(12)22-19(14)26/h10,16H,3-9H2,1-2H3,(H,22,26)(H,21,23,25)/t16-/m1/s1.